The zero-order valence-corrected chi connectivity index (χ0v) is 16.5. The first-order chi connectivity index (χ1) is 13.6. The number of ether oxygens (including phenoxy) is 1. The number of rotatable bonds is 4. The molecule has 2 heterocycles. The summed E-state index contributed by atoms with van der Waals surface area (Å²) in [6, 6.07) is 14.1. The second kappa shape index (κ2) is 9.59. The fourth-order valence-electron chi connectivity index (χ4n) is 2.94. The number of carbonyl (C=O) groups is 1. The van der Waals surface area contributed by atoms with Crippen molar-refractivity contribution in [2.75, 3.05) is 38.7 Å². The molecule has 0 atom stereocenters. The average molecular weight is 402 g/mol. The zero-order chi connectivity index (χ0) is 19.9. The number of furan rings is 1. The van der Waals surface area contributed by atoms with Crippen molar-refractivity contribution >= 4 is 34.7 Å². The van der Waals surface area contributed by atoms with Gasteiger partial charge in [0.2, 0.25) is 6.41 Å². The van der Waals surface area contributed by atoms with Crippen molar-refractivity contribution in [1.29, 1.82) is 0 Å². The molecule has 1 fully saturated rings. The van der Waals surface area contributed by atoms with Crippen LogP contribution in [0.25, 0.3) is 22.1 Å². The van der Waals surface area contributed by atoms with Crippen LogP contribution in [0.3, 0.4) is 0 Å². The van der Waals surface area contributed by atoms with Gasteiger partial charge in [0.1, 0.15) is 5.76 Å². The second-order valence-electron chi connectivity index (χ2n) is 6.37. The molecule has 148 valence electrons. The minimum atomic E-state index is 0.372. The van der Waals surface area contributed by atoms with Gasteiger partial charge in [-0.25, -0.2) is 0 Å². The maximum Gasteiger partial charge on any atom is 0.209 e. The molecule has 0 unspecified atom stereocenters. The number of anilines is 1. The van der Waals surface area contributed by atoms with Crippen LogP contribution >= 0.6 is 11.6 Å². The van der Waals surface area contributed by atoms with E-state index in [0.717, 1.165) is 47.5 Å². The summed E-state index contributed by atoms with van der Waals surface area (Å²) >= 11 is 6.29. The van der Waals surface area contributed by atoms with Gasteiger partial charge in [0.15, 0.2) is 5.58 Å². The van der Waals surface area contributed by atoms with Crippen LogP contribution < -0.4 is 11.1 Å². The normalized spacial score (nSPS) is 13.8. The van der Waals surface area contributed by atoms with E-state index in [1.54, 1.807) is 4.90 Å². The minimum absolute atomic E-state index is 0.372. The molecule has 3 aromatic rings. The van der Waals surface area contributed by atoms with Gasteiger partial charge in [-0.2, -0.15) is 0 Å². The maximum absolute atomic E-state index is 10.0. The molecule has 7 heteroatoms. The Morgan fingerprint density at radius 2 is 1.86 bits per heavy atom. The molecular formula is C21H24ClN3O3. The van der Waals surface area contributed by atoms with Crippen LogP contribution in [0.5, 0.6) is 0 Å². The first-order valence-corrected chi connectivity index (χ1v) is 9.49. The Balaban J connectivity index is 0.000000236. The number of hydrogen-bond donors (Lipinski definition) is 2. The number of amides is 1. The third kappa shape index (κ3) is 4.84. The summed E-state index contributed by atoms with van der Waals surface area (Å²) in [7, 11) is 1.90. The van der Waals surface area contributed by atoms with E-state index < -0.39 is 0 Å². The second-order valence-corrected chi connectivity index (χ2v) is 6.78. The molecule has 4 rings (SSSR count). The van der Waals surface area contributed by atoms with Crippen LogP contribution in [-0.2, 0) is 16.1 Å². The largest absolute Gasteiger partial charge is 0.458 e. The monoisotopic (exact) mass is 401 g/mol. The van der Waals surface area contributed by atoms with Crippen LogP contribution in [0.2, 0.25) is 5.02 Å². The summed E-state index contributed by atoms with van der Waals surface area (Å²) in [5, 5.41) is 4.69. The van der Waals surface area contributed by atoms with E-state index in [1.807, 2.05) is 31.3 Å². The highest BCUT2D eigenvalue weighted by molar-refractivity contribution is 6.35. The molecule has 1 amide bonds. The Labute approximate surface area is 169 Å². The number of morpholine rings is 1. The maximum atomic E-state index is 10.0. The van der Waals surface area contributed by atoms with E-state index >= 15 is 0 Å². The van der Waals surface area contributed by atoms with Crippen LogP contribution in [0.4, 0.5) is 5.69 Å². The number of carbonyl (C=O) groups excluding carboxylic acids is 1. The summed E-state index contributed by atoms with van der Waals surface area (Å²) < 4.78 is 10.6. The lowest BCUT2D eigenvalue weighted by Crippen LogP contribution is -2.34. The van der Waals surface area contributed by atoms with E-state index in [9.17, 15) is 4.79 Å². The number of fused-ring (bicyclic) bond motifs is 1. The third-order valence-electron chi connectivity index (χ3n) is 4.52. The van der Waals surface area contributed by atoms with Crippen molar-refractivity contribution in [3.63, 3.8) is 0 Å². The van der Waals surface area contributed by atoms with Gasteiger partial charge in [-0.3, -0.25) is 4.79 Å². The molecule has 0 bridgehead atoms. The molecule has 2 aromatic carbocycles. The summed E-state index contributed by atoms with van der Waals surface area (Å²) in [6.45, 7) is 3.27. The quantitative estimate of drug-likeness (QED) is 0.651. The summed E-state index contributed by atoms with van der Waals surface area (Å²) in [4.78, 5) is 11.7. The topological polar surface area (TPSA) is 80.7 Å². The molecule has 1 aliphatic heterocycles. The van der Waals surface area contributed by atoms with Crippen molar-refractivity contribution < 1.29 is 13.9 Å². The van der Waals surface area contributed by atoms with Crippen molar-refractivity contribution in [2.45, 2.75) is 6.54 Å². The van der Waals surface area contributed by atoms with Gasteiger partial charge in [0.05, 0.1) is 24.8 Å². The van der Waals surface area contributed by atoms with Gasteiger partial charge in [-0.1, -0.05) is 23.7 Å². The Morgan fingerprint density at radius 1 is 1.14 bits per heavy atom. The highest BCUT2D eigenvalue weighted by atomic mass is 35.5. The molecule has 28 heavy (non-hydrogen) atoms. The smallest absolute Gasteiger partial charge is 0.209 e. The van der Waals surface area contributed by atoms with Crippen LogP contribution in [0.15, 0.2) is 46.9 Å². The van der Waals surface area contributed by atoms with Gasteiger partial charge < -0.3 is 25.1 Å². The molecule has 0 radical (unpaired) electrons. The number of benzene rings is 2. The van der Waals surface area contributed by atoms with Gasteiger partial charge in [-0.05, 0) is 41.5 Å². The predicted molar refractivity (Wildman–Crippen MR) is 113 cm³/mol. The minimum Gasteiger partial charge on any atom is -0.458 e. The van der Waals surface area contributed by atoms with Gasteiger partial charge in [0, 0.05) is 31.2 Å². The Morgan fingerprint density at radius 3 is 2.43 bits per heavy atom. The van der Waals surface area contributed by atoms with Crippen molar-refractivity contribution in [3.8, 4) is 11.1 Å². The van der Waals surface area contributed by atoms with E-state index in [2.05, 4.69) is 23.5 Å². The molecule has 1 aromatic heterocycles. The summed E-state index contributed by atoms with van der Waals surface area (Å²) in [6.07, 6.45) is 0.864. The van der Waals surface area contributed by atoms with Gasteiger partial charge >= 0.3 is 0 Å². The van der Waals surface area contributed by atoms with Gasteiger partial charge in [-0.15, -0.1) is 0 Å². The summed E-state index contributed by atoms with van der Waals surface area (Å²) in [5.74, 6) is 0.740. The lowest BCUT2D eigenvalue weighted by atomic mass is 10.0. The molecular weight excluding hydrogens is 378 g/mol. The molecule has 1 saturated heterocycles. The highest BCUT2D eigenvalue weighted by Gasteiger charge is 2.10. The number of halogens is 1. The molecule has 6 nitrogen and oxygen atoms in total. The number of nitrogens with two attached hydrogens (primary N) is 1. The van der Waals surface area contributed by atoms with E-state index in [4.69, 9.17) is 26.5 Å². The SMILES string of the molecule is CNc1ccc(-c2cc(Cl)c3oc(CN)cc3c2)cc1.O=CN1CCOCC1. The fraction of sp³-hybridized carbons (Fsp3) is 0.286. The standard InChI is InChI=1S/C16H15ClN2O.C5H9NO2/c1-19-13-4-2-10(3-5-13)11-6-12-7-14(9-18)20-16(12)15(17)8-11;7-5-6-1-3-8-4-2-6/h2-8,19H,9,18H2,1H3;5H,1-4H2. The average Bonchev–Trinajstić information content (AvgIpc) is 3.19. The number of hydrogen-bond acceptors (Lipinski definition) is 5. The Hall–Kier alpha value is -2.54. The van der Waals surface area contributed by atoms with Crippen LogP contribution in [0, 0.1) is 0 Å². The molecule has 0 aliphatic carbocycles. The Bertz CT molecular complexity index is 919. The molecule has 0 saturated carbocycles. The number of nitrogens with zero attached hydrogens (tertiary/aromatic N) is 1. The fourth-order valence-corrected chi connectivity index (χ4v) is 3.21. The van der Waals surface area contributed by atoms with Gasteiger partial charge in [0.25, 0.3) is 0 Å². The van der Waals surface area contributed by atoms with Crippen LogP contribution in [0.1, 0.15) is 5.76 Å². The zero-order valence-electron chi connectivity index (χ0n) is 15.8. The van der Waals surface area contributed by atoms with E-state index in [-0.39, 0.29) is 0 Å². The molecule has 0 spiro atoms. The third-order valence-corrected chi connectivity index (χ3v) is 4.81. The Kier molecular flexibility index (Phi) is 6.92. The van der Waals surface area contributed by atoms with Crippen molar-refractivity contribution in [1.82, 2.24) is 4.90 Å². The molecule has 1 aliphatic rings. The lowest BCUT2D eigenvalue weighted by Gasteiger charge is -2.21. The van der Waals surface area contributed by atoms with Crippen molar-refractivity contribution in [3.05, 3.63) is 53.2 Å². The summed E-state index contributed by atoms with van der Waals surface area (Å²) in [5.41, 5.74) is 9.55. The van der Waals surface area contributed by atoms with E-state index in [0.29, 0.717) is 30.4 Å². The molecule has 3 N–H and O–H groups in total. The van der Waals surface area contributed by atoms with E-state index in [1.165, 1.54) is 0 Å². The first-order valence-electron chi connectivity index (χ1n) is 9.12. The number of nitrogens with one attached hydrogen (secondary N) is 1. The predicted octanol–water partition coefficient (Wildman–Crippen LogP) is 3.73. The lowest BCUT2D eigenvalue weighted by molar-refractivity contribution is -0.121. The first kappa shape index (κ1) is 20.2. The van der Waals surface area contributed by atoms with Crippen molar-refractivity contribution in [2.24, 2.45) is 5.73 Å². The highest BCUT2D eigenvalue weighted by Crippen LogP contribution is 2.33. The van der Waals surface area contributed by atoms with Crippen LogP contribution in [-0.4, -0.2) is 44.7 Å².